The minimum absolute atomic E-state index is 0.0692. The number of nitrogens with one attached hydrogen (secondary N) is 2. The van der Waals surface area contributed by atoms with Crippen LogP contribution in [0.2, 0.25) is 0 Å². The SMILES string of the molecule is C[C@H]1CCc2c(sc(NC(=O)c3ccc(=O)[nH]n3)c2C(N)=O)C1. The van der Waals surface area contributed by atoms with Gasteiger partial charge in [-0.1, -0.05) is 6.92 Å². The average Bonchev–Trinajstić information content (AvgIpc) is 2.84. The molecule has 2 aromatic heterocycles. The second-order valence-electron chi connectivity index (χ2n) is 5.68. The van der Waals surface area contributed by atoms with Gasteiger partial charge in [-0.15, -0.1) is 11.3 Å². The summed E-state index contributed by atoms with van der Waals surface area (Å²) in [4.78, 5) is 36.1. The van der Waals surface area contributed by atoms with Crippen molar-refractivity contribution in [2.24, 2.45) is 11.7 Å². The van der Waals surface area contributed by atoms with E-state index in [4.69, 9.17) is 5.73 Å². The maximum absolute atomic E-state index is 12.2. The smallest absolute Gasteiger partial charge is 0.276 e. The summed E-state index contributed by atoms with van der Waals surface area (Å²) in [6.07, 6.45) is 2.67. The summed E-state index contributed by atoms with van der Waals surface area (Å²) in [7, 11) is 0. The zero-order chi connectivity index (χ0) is 16.6. The number of aromatic nitrogens is 2. The van der Waals surface area contributed by atoms with Crippen LogP contribution in [0.1, 0.15) is 44.6 Å². The Morgan fingerprint density at radius 3 is 2.87 bits per heavy atom. The summed E-state index contributed by atoms with van der Waals surface area (Å²) in [5.74, 6) is -0.483. The van der Waals surface area contributed by atoms with Crippen LogP contribution in [0.4, 0.5) is 5.00 Å². The second-order valence-corrected chi connectivity index (χ2v) is 6.79. The lowest BCUT2D eigenvalue weighted by Gasteiger charge is -2.18. The number of rotatable bonds is 3. The van der Waals surface area contributed by atoms with Crippen molar-refractivity contribution < 1.29 is 9.59 Å². The number of hydrogen-bond donors (Lipinski definition) is 3. The zero-order valence-corrected chi connectivity index (χ0v) is 13.3. The van der Waals surface area contributed by atoms with Crippen LogP contribution in [0.3, 0.4) is 0 Å². The first kappa shape index (κ1) is 15.4. The van der Waals surface area contributed by atoms with Gasteiger partial charge in [-0.25, -0.2) is 5.10 Å². The maximum Gasteiger partial charge on any atom is 0.276 e. The molecule has 0 spiro atoms. The molecule has 8 heteroatoms. The van der Waals surface area contributed by atoms with Gasteiger partial charge in [0.1, 0.15) is 10.7 Å². The lowest BCUT2D eigenvalue weighted by atomic mass is 9.88. The fourth-order valence-electron chi connectivity index (χ4n) is 2.74. The van der Waals surface area contributed by atoms with Crippen LogP contribution < -0.4 is 16.6 Å². The number of H-pyrrole nitrogens is 1. The Kier molecular flexibility index (Phi) is 3.99. The molecule has 0 saturated heterocycles. The van der Waals surface area contributed by atoms with Crippen molar-refractivity contribution >= 4 is 28.2 Å². The third-order valence-corrected chi connectivity index (χ3v) is 5.07. The lowest BCUT2D eigenvalue weighted by Crippen LogP contribution is -2.20. The third-order valence-electron chi connectivity index (χ3n) is 3.90. The molecular formula is C15H16N4O3S. The van der Waals surface area contributed by atoms with Crippen molar-refractivity contribution in [3.8, 4) is 0 Å². The molecule has 0 radical (unpaired) electrons. The van der Waals surface area contributed by atoms with Crippen molar-refractivity contribution in [3.05, 3.63) is 44.2 Å². The summed E-state index contributed by atoms with van der Waals surface area (Å²) in [6, 6.07) is 2.55. The summed E-state index contributed by atoms with van der Waals surface area (Å²) < 4.78 is 0. The quantitative estimate of drug-likeness (QED) is 0.785. The van der Waals surface area contributed by atoms with Gasteiger partial charge >= 0.3 is 0 Å². The van der Waals surface area contributed by atoms with Crippen LogP contribution in [0.15, 0.2) is 16.9 Å². The highest BCUT2D eigenvalue weighted by atomic mass is 32.1. The first-order chi connectivity index (χ1) is 11.0. The number of carbonyl (C=O) groups is 2. The van der Waals surface area contributed by atoms with Gasteiger partial charge in [0.2, 0.25) is 0 Å². The average molecular weight is 332 g/mol. The second kappa shape index (κ2) is 5.96. The first-order valence-corrected chi connectivity index (χ1v) is 8.08. The van der Waals surface area contributed by atoms with Gasteiger partial charge in [-0.3, -0.25) is 14.4 Å². The largest absolute Gasteiger partial charge is 0.365 e. The monoisotopic (exact) mass is 332 g/mol. The molecule has 0 aromatic carbocycles. The van der Waals surface area contributed by atoms with Gasteiger partial charge in [0.25, 0.3) is 17.4 Å². The molecule has 0 unspecified atom stereocenters. The highest BCUT2D eigenvalue weighted by molar-refractivity contribution is 7.17. The van der Waals surface area contributed by atoms with E-state index in [0.717, 1.165) is 29.7 Å². The van der Waals surface area contributed by atoms with Crippen molar-refractivity contribution in [1.82, 2.24) is 10.2 Å². The molecule has 0 fully saturated rings. The number of anilines is 1. The van der Waals surface area contributed by atoms with Crippen LogP contribution in [0.5, 0.6) is 0 Å². The summed E-state index contributed by atoms with van der Waals surface area (Å²) in [5, 5.41) is 9.03. The Bertz CT molecular complexity index is 819. The van der Waals surface area contributed by atoms with Crippen molar-refractivity contribution in [1.29, 1.82) is 0 Å². The summed E-state index contributed by atoms with van der Waals surface area (Å²) in [5.41, 5.74) is 6.53. The number of aromatic amines is 1. The van der Waals surface area contributed by atoms with Gasteiger partial charge in [0.05, 0.1) is 5.56 Å². The molecule has 2 amide bonds. The predicted octanol–water partition coefficient (Wildman–Crippen LogP) is 1.31. The fraction of sp³-hybridized carbons (Fsp3) is 0.333. The van der Waals surface area contributed by atoms with E-state index in [1.165, 1.54) is 23.5 Å². The van der Waals surface area contributed by atoms with Gasteiger partial charge < -0.3 is 11.1 Å². The normalized spacial score (nSPS) is 16.7. The third kappa shape index (κ3) is 3.02. The molecule has 120 valence electrons. The topological polar surface area (TPSA) is 118 Å². The van der Waals surface area contributed by atoms with Crippen molar-refractivity contribution in [3.63, 3.8) is 0 Å². The number of amides is 2. The standard InChI is InChI=1S/C15H16N4O3S/c1-7-2-3-8-10(6-7)23-15(12(8)13(16)21)17-14(22)9-4-5-11(20)19-18-9/h4-5,7H,2-3,6H2,1H3,(H2,16,21)(H,17,22)(H,19,20)/t7-/m0/s1. The first-order valence-electron chi connectivity index (χ1n) is 7.27. The molecule has 0 aliphatic heterocycles. The zero-order valence-electron chi connectivity index (χ0n) is 12.5. The molecule has 1 aliphatic rings. The number of thiophene rings is 1. The fourth-order valence-corrected chi connectivity index (χ4v) is 4.15. The van der Waals surface area contributed by atoms with Crippen LogP contribution in [0, 0.1) is 5.92 Å². The number of carbonyl (C=O) groups excluding carboxylic acids is 2. The molecule has 1 aliphatic carbocycles. The molecule has 2 heterocycles. The van der Waals surface area contributed by atoms with E-state index in [1.54, 1.807) is 0 Å². The Morgan fingerprint density at radius 2 is 2.22 bits per heavy atom. The van der Waals surface area contributed by atoms with E-state index in [2.05, 4.69) is 22.4 Å². The summed E-state index contributed by atoms with van der Waals surface area (Å²) in [6.45, 7) is 2.16. The number of nitrogens with zero attached hydrogens (tertiary/aromatic N) is 1. The van der Waals surface area contributed by atoms with Gasteiger partial charge in [-0.05, 0) is 36.8 Å². The Hall–Kier alpha value is -2.48. The van der Waals surface area contributed by atoms with Gasteiger partial charge in [-0.2, -0.15) is 5.10 Å². The number of fused-ring (bicyclic) bond motifs is 1. The van der Waals surface area contributed by atoms with E-state index < -0.39 is 11.8 Å². The predicted molar refractivity (Wildman–Crippen MR) is 86.8 cm³/mol. The van der Waals surface area contributed by atoms with E-state index in [9.17, 15) is 14.4 Å². The van der Waals surface area contributed by atoms with Crippen LogP contribution >= 0.6 is 11.3 Å². The van der Waals surface area contributed by atoms with Gasteiger partial charge in [0, 0.05) is 10.9 Å². The molecule has 0 saturated carbocycles. The Balaban J connectivity index is 1.93. The van der Waals surface area contributed by atoms with Crippen LogP contribution in [-0.4, -0.2) is 22.0 Å². The highest BCUT2D eigenvalue weighted by Gasteiger charge is 2.27. The van der Waals surface area contributed by atoms with E-state index in [0.29, 0.717) is 16.5 Å². The van der Waals surface area contributed by atoms with Crippen LogP contribution in [0.25, 0.3) is 0 Å². The Morgan fingerprint density at radius 1 is 1.43 bits per heavy atom. The van der Waals surface area contributed by atoms with Crippen molar-refractivity contribution in [2.45, 2.75) is 26.2 Å². The molecule has 1 atom stereocenters. The van der Waals surface area contributed by atoms with Crippen molar-refractivity contribution in [2.75, 3.05) is 5.32 Å². The summed E-state index contributed by atoms with van der Waals surface area (Å²) >= 11 is 1.39. The minimum Gasteiger partial charge on any atom is -0.365 e. The van der Waals surface area contributed by atoms with Crippen LogP contribution in [-0.2, 0) is 12.8 Å². The molecule has 3 rings (SSSR count). The minimum atomic E-state index is -0.540. The molecule has 7 nitrogen and oxygen atoms in total. The van der Waals surface area contributed by atoms with E-state index in [1.807, 2.05) is 0 Å². The molecule has 0 bridgehead atoms. The maximum atomic E-state index is 12.2. The number of hydrogen-bond acceptors (Lipinski definition) is 5. The highest BCUT2D eigenvalue weighted by Crippen LogP contribution is 2.39. The Labute approximate surface area is 135 Å². The molecule has 2 aromatic rings. The lowest BCUT2D eigenvalue weighted by molar-refractivity contribution is 0.1000. The number of primary amides is 1. The molecule has 4 N–H and O–H groups in total. The van der Waals surface area contributed by atoms with E-state index in [-0.39, 0.29) is 11.3 Å². The molecule has 23 heavy (non-hydrogen) atoms. The molecular weight excluding hydrogens is 316 g/mol. The van der Waals surface area contributed by atoms with E-state index >= 15 is 0 Å². The van der Waals surface area contributed by atoms with Gasteiger partial charge in [0.15, 0.2) is 0 Å². The number of nitrogens with two attached hydrogens (primary N) is 1.